The first kappa shape index (κ1) is 25.2. The number of amides is 2. The van der Waals surface area contributed by atoms with E-state index in [0.29, 0.717) is 11.4 Å². The Hall–Kier alpha value is -2.42. The van der Waals surface area contributed by atoms with Gasteiger partial charge in [0.15, 0.2) is 0 Å². The second-order valence-corrected chi connectivity index (χ2v) is 9.46. The molecule has 0 radical (unpaired) electrons. The first-order chi connectivity index (χ1) is 15.7. The lowest BCUT2D eigenvalue weighted by Gasteiger charge is -2.12. The monoisotopic (exact) mass is 503 g/mol. The summed E-state index contributed by atoms with van der Waals surface area (Å²) in [5.41, 5.74) is 2.11. The summed E-state index contributed by atoms with van der Waals surface area (Å²) in [6.45, 7) is 0.469. The van der Waals surface area contributed by atoms with Crippen LogP contribution in [0.4, 0.5) is 4.79 Å². The van der Waals surface area contributed by atoms with Gasteiger partial charge in [0.05, 0.1) is 17.0 Å². The minimum absolute atomic E-state index is 0. The lowest BCUT2D eigenvalue weighted by atomic mass is 10.1. The van der Waals surface area contributed by atoms with E-state index in [0.717, 1.165) is 59.6 Å². The van der Waals surface area contributed by atoms with Crippen molar-refractivity contribution in [2.75, 3.05) is 19.4 Å². The standard InChI is InChI=1S/C24H25N3O3S2.ClH/c1-30-19-12-10-18(11-13-19)6-4-7-20-23(28)27(24(29)32-20)15-2-3-17-31-22-9-5-8-21-25-14-16-26(21)22;/h5,7-14,16H,2-4,6,15,17H2,1H3;1H/b20-7+;. The van der Waals surface area contributed by atoms with Crippen molar-refractivity contribution in [2.45, 2.75) is 30.7 Å². The van der Waals surface area contributed by atoms with E-state index < -0.39 is 0 Å². The van der Waals surface area contributed by atoms with Gasteiger partial charge < -0.3 is 4.74 Å². The summed E-state index contributed by atoms with van der Waals surface area (Å²) in [6.07, 6.45) is 8.89. The Labute approximate surface area is 208 Å². The Morgan fingerprint density at radius 3 is 2.73 bits per heavy atom. The second-order valence-electron chi connectivity index (χ2n) is 7.35. The smallest absolute Gasteiger partial charge is 0.293 e. The van der Waals surface area contributed by atoms with E-state index in [1.807, 2.05) is 48.7 Å². The van der Waals surface area contributed by atoms with Crippen molar-refractivity contribution in [2.24, 2.45) is 0 Å². The molecule has 0 N–H and O–H groups in total. The predicted molar refractivity (Wildman–Crippen MR) is 136 cm³/mol. The van der Waals surface area contributed by atoms with Crippen LogP contribution in [0.25, 0.3) is 5.65 Å². The van der Waals surface area contributed by atoms with Gasteiger partial charge in [0.2, 0.25) is 0 Å². The first-order valence-corrected chi connectivity index (χ1v) is 12.4. The van der Waals surface area contributed by atoms with Crippen LogP contribution < -0.4 is 4.74 Å². The summed E-state index contributed by atoms with van der Waals surface area (Å²) in [6, 6.07) is 14.0. The number of halogens is 1. The third-order valence-electron chi connectivity index (χ3n) is 5.21. The van der Waals surface area contributed by atoms with Crippen LogP contribution in [0, 0.1) is 0 Å². The molecule has 0 aliphatic carbocycles. The van der Waals surface area contributed by atoms with Crippen LogP contribution in [0.3, 0.4) is 0 Å². The molecule has 1 fully saturated rings. The van der Waals surface area contributed by atoms with Crippen molar-refractivity contribution >= 4 is 52.7 Å². The number of pyridine rings is 1. The fraction of sp³-hybridized carbons (Fsp3) is 0.292. The SMILES string of the molecule is COc1ccc(CC/C=C2/SC(=O)N(CCCCSc3cccc4nccn34)C2=O)cc1.Cl. The number of rotatable bonds is 10. The molecule has 0 saturated carbocycles. The molecule has 4 rings (SSSR count). The summed E-state index contributed by atoms with van der Waals surface area (Å²) in [5.74, 6) is 1.59. The molecule has 2 aromatic heterocycles. The van der Waals surface area contributed by atoms with Crippen LogP contribution >= 0.6 is 35.9 Å². The third-order valence-corrected chi connectivity index (χ3v) is 7.29. The number of hydrogen-bond acceptors (Lipinski definition) is 6. The normalized spacial score (nSPS) is 14.8. The molecule has 3 heterocycles. The summed E-state index contributed by atoms with van der Waals surface area (Å²) < 4.78 is 7.24. The van der Waals surface area contributed by atoms with Crippen molar-refractivity contribution in [3.8, 4) is 5.75 Å². The number of hydrogen-bond donors (Lipinski definition) is 0. The second kappa shape index (κ2) is 12.2. The number of imide groups is 1. The van der Waals surface area contributed by atoms with Gasteiger partial charge in [-0.3, -0.25) is 18.9 Å². The number of imidazole rings is 1. The number of nitrogens with zero attached hydrogens (tertiary/aromatic N) is 3. The Bertz CT molecular complexity index is 1130. The van der Waals surface area contributed by atoms with Crippen LogP contribution in [0.15, 0.2) is 70.9 Å². The number of unbranched alkanes of at least 4 members (excludes halogenated alkanes) is 1. The number of benzene rings is 1. The molecule has 9 heteroatoms. The highest BCUT2D eigenvalue weighted by atomic mass is 35.5. The van der Waals surface area contributed by atoms with Crippen molar-refractivity contribution in [3.05, 3.63) is 71.4 Å². The highest BCUT2D eigenvalue weighted by Crippen LogP contribution is 2.31. The Kier molecular flexibility index (Phi) is 9.29. The fourth-order valence-corrected chi connectivity index (χ4v) is 5.38. The molecule has 0 spiro atoms. The molecule has 1 aromatic carbocycles. The van der Waals surface area contributed by atoms with Crippen LogP contribution in [0.5, 0.6) is 5.75 Å². The van der Waals surface area contributed by atoms with E-state index in [1.54, 1.807) is 25.1 Å². The van der Waals surface area contributed by atoms with E-state index in [9.17, 15) is 9.59 Å². The lowest BCUT2D eigenvalue weighted by molar-refractivity contribution is -0.122. The van der Waals surface area contributed by atoms with E-state index in [4.69, 9.17) is 4.74 Å². The number of thioether (sulfide) groups is 2. The minimum atomic E-state index is -0.165. The number of methoxy groups -OCH3 is 1. The van der Waals surface area contributed by atoms with Crippen LogP contribution in [-0.4, -0.2) is 44.8 Å². The maximum Gasteiger partial charge on any atom is 0.293 e. The number of ether oxygens (including phenoxy) is 1. The average molecular weight is 504 g/mol. The topological polar surface area (TPSA) is 63.9 Å². The highest BCUT2D eigenvalue weighted by molar-refractivity contribution is 8.18. The molecule has 1 aliphatic rings. The number of carbonyl (C=O) groups excluding carboxylic acids is 2. The molecule has 0 atom stereocenters. The largest absolute Gasteiger partial charge is 0.497 e. The summed E-state index contributed by atoms with van der Waals surface area (Å²) in [5, 5.41) is 0.979. The van der Waals surface area contributed by atoms with Crippen molar-refractivity contribution in [1.29, 1.82) is 0 Å². The zero-order chi connectivity index (χ0) is 22.3. The van der Waals surface area contributed by atoms with Gasteiger partial charge in [0, 0.05) is 18.9 Å². The molecule has 1 aliphatic heterocycles. The highest BCUT2D eigenvalue weighted by Gasteiger charge is 2.34. The molecule has 33 heavy (non-hydrogen) atoms. The van der Waals surface area contributed by atoms with E-state index in [1.165, 1.54) is 10.5 Å². The third kappa shape index (κ3) is 6.34. The Balaban J connectivity index is 0.00000306. The van der Waals surface area contributed by atoms with Gasteiger partial charge in [0.1, 0.15) is 11.4 Å². The molecule has 0 bridgehead atoms. The van der Waals surface area contributed by atoms with Crippen LogP contribution in [-0.2, 0) is 11.2 Å². The van der Waals surface area contributed by atoms with Gasteiger partial charge >= 0.3 is 0 Å². The summed E-state index contributed by atoms with van der Waals surface area (Å²) in [4.78, 5) is 31.2. The van der Waals surface area contributed by atoms with Gasteiger partial charge in [0.25, 0.3) is 11.1 Å². The molecule has 1 saturated heterocycles. The number of carbonyl (C=O) groups is 2. The van der Waals surface area contributed by atoms with E-state index in [2.05, 4.69) is 15.5 Å². The quantitative estimate of drug-likeness (QED) is 0.196. The lowest BCUT2D eigenvalue weighted by Crippen LogP contribution is -2.29. The Morgan fingerprint density at radius 1 is 1.12 bits per heavy atom. The van der Waals surface area contributed by atoms with Gasteiger partial charge in [-0.05, 0) is 73.0 Å². The molecule has 174 valence electrons. The Morgan fingerprint density at radius 2 is 1.94 bits per heavy atom. The maximum absolute atomic E-state index is 12.6. The molecule has 2 amide bonds. The zero-order valence-electron chi connectivity index (χ0n) is 18.3. The molecule has 3 aromatic rings. The maximum atomic E-state index is 12.6. The molecular weight excluding hydrogens is 478 g/mol. The van der Waals surface area contributed by atoms with E-state index in [-0.39, 0.29) is 23.6 Å². The zero-order valence-corrected chi connectivity index (χ0v) is 20.8. The number of aromatic nitrogens is 2. The van der Waals surface area contributed by atoms with Crippen LogP contribution in [0.1, 0.15) is 24.8 Å². The first-order valence-electron chi connectivity index (χ1n) is 10.6. The van der Waals surface area contributed by atoms with Gasteiger partial charge in [-0.2, -0.15) is 0 Å². The van der Waals surface area contributed by atoms with Crippen molar-refractivity contribution in [1.82, 2.24) is 14.3 Å². The van der Waals surface area contributed by atoms with Crippen molar-refractivity contribution < 1.29 is 14.3 Å². The van der Waals surface area contributed by atoms with Gasteiger partial charge in [-0.1, -0.05) is 24.3 Å². The fourth-order valence-electron chi connectivity index (χ4n) is 3.48. The van der Waals surface area contributed by atoms with Crippen molar-refractivity contribution in [3.63, 3.8) is 0 Å². The number of allylic oxidation sites excluding steroid dienone is 1. The minimum Gasteiger partial charge on any atom is -0.497 e. The van der Waals surface area contributed by atoms with Gasteiger partial charge in [-0.15, -0.1) is 24.2 Å². The number of fused-ring (bicyclic) bond motifs is 1. The summed E-state index contributed by atoms with van der Waals surface area (Å²) in [7, 11) is 1.64. The van der Waals surface area contributed by atoms with E-state index >= 15 is 0 Å². The molecular formula is C24H26ClN3O3S2. The van der Waals surface area contributed by atoms with Gasteiger partial charge in [-0.25, -0.2) is 4.98 Å². The number of aryl methyl sites for hydroxylation is 1. The van der Waals surface area contributed by atoms with Crippen LogP contribution in [0.2, 0.25) is 0 Å². The molecule has 6 nitrogen and oxygen atoms in total. The summed E-state index contributed by atoms with van der Waals surface area (Å²) >= 11 is 2.81. The average Bonchev–Trinajstić information content (AvgIpc) is 3.39. The predicted octanol–water partition coefficient (Wildman–Crippen LogP) is 5.85. The molecule has 0 unspecified atom stereocenters.